The second-order valence-electron chi connectivity index (χ2n) is 4.84. The molecule has 112 valence electrons. The van der Waals surface area contributed by atoms with E-state index in [1.54, 1.807) is 6.07 Å². The fourth-order valence-corrected chi connectivity index (χ4v) is 3.53. The van der Waals surface area contributed by atoms with E-state index in [9.17, 15) is 8.42 Å². The third-order valence-corrected chi connectivity index (χ3v) is 5.24. The largest absolute Gasteiger partial charge is 0.304 e. The molecule has 0 amide bonds. The van der Waals surface area contributed by atoms with Crippen molar-refractivity contribution >= 4 is 21.6 Å². The molecule has 0 atom stereocenters. The molecule has 1 aromatic heterocycles. The van der Waals surface area contributed by atoms with E-state index in [2.05, 4.69) is 26.6 Å². The summed E-state index contributed by atoms with van der Waals surface area (Å²) in [6.07, 6.45) is 1.46. The molecule has 0 aromatic carbocycles. The lowest BCUT2D eigenvalue weighted by Gasteiger charge is -2.32. The van der Waals surface area contributed by atoms with Gasteiger partial charge in [0.25, 0.3) is 0 Å². The zero-order valence-corrected chi connectivity index (χ0v) is 13.0. The second kappa shape index (κ2) is 6.82. The summed E-state index contributed by atoms with van der Waals surface area (Å²) < 4.78 is 26.7. The van der Waals surface area contributed by atoms with E-state index >= 15 is 0 Å². The average molecular weight is 319 g/mol. The maximum Gasteiger partial charge on any atom is 0.243 e. The maximum atomic E-state index is 12.1. The summed E-state index contributed by atoms with van der Waals surface area (Å²) in [6.45, 7) is 5.03. The van der Waals surface area contributed by atoms with Gasteiger partial charge >= 0.3 is 0 Å². The van der Waals surface area contributed by atoms with E-state index in [0.717, 1.165) is 26.2 Å². The molecule has 0 saturated carbocycles. The Bertz CT molecular complexity index is 544. The van der Waals surface area contributed by atoms with E-state index in [0.29, 0.717) is 13.1 Å². The highest BCUT2D eigenvalue weighted by Gasteiger charge is 2.19. The molecule has 2 rings (SSSR count). The van der Waals surface area contributed by atoms with Gasteiger partial charge in [-0.1, -0.05) is 11.6 Å². The number of nitrogens with one attached hydrogen (secondary N) is 1. The summed E-state index contributed by atoms with van der Waals surface area (Å²) in [7, 11) is -1.50. The maximum absolute atomic E-state index is 12.1. The molecule has 6 nitrogen and oxygen atoms in total. The number of nitrogens with zero attached hydrogens (tertiary/aromatic N) is 3. The van der Waals surface area contributed by atoms with Crippen molar-refractivity contribution in [1.82, 2.24) is 19.5 Å². The van der Waals surface area contributed by atoms with Crippen LogP contribution in [-0.2, 0) is 10.0 Å². The predicted molar refractivity (Wildman–Crippen MR) is 78.4 cm³/mol. The Labute approximate surface area is 124 Å². The zero-order valence-electron chi connectivity index (χ0n) is 11.4. The Kier molecular flexibility index (Phi) is 5.34. The first kappa shape index (κ1) is 15.7. The molecule has 20 heavy (non-hydrogen) atoms. The molecule has 1 saturated heterocycles. The molecule has 1 aliphatic rings. The molecule has 0 spiro atoms. The highest BCUT2D eigenvalue weighted by molar-refractivity contribution is 7.89. The van der Waals surface area contributed by atoms with Gasteiger partial charge in [0.1, 0.15) is 10.0 Å². The second-order valence-corrected chi connectivity index (χ2v) is 6.93. The number of pyridine rings is 1. The molecule has 0 aliphatic carbocycles. The van der Waals surface area contributed by atoms with Crippen LogP contribution in [0.5, 0.6) is 0 Å². The summed E-state index contributed by atoms with van der Waals surface area (Å²) >= 11 is 5.81. The molecular weight excluding hydrogens is 300 g/mol. The zero-order chi connectivity index (χ0) is 14.6. The van der Waals surface area contributed by atoms with E-state index in [1.165, 1.54) is 12.3 Å². The van der Waals surface area contributed by atoms with Gasteiger partial charge in [-0.2, -0.15) is 0 Å². The van der Waals surface area contributed by atoms with Crippen LogP contribution in [0, 0.1) is 0 Å². The number of likely N-dealkylation sites (N-methyl/N-ethyl adjacent to an activating group) is 1. The van der Waals surface area contributed by atoms with Crippen LogP contribution in [0.15, 0.2) is 23.2 Å². The van der Waals surface area contributed by atoms with Crippen molar-refractivity contribution in [2.24, 2.45) is 0 Å². The standard InChI is InChI=1S/C12H19ClN4O2S/c1-16-7-9-17(10-8-16)6-5-15-20(18,19)11-3-2-4-14-12(11)13/h2-4,15H,5-10H2,1H3. The highest BCUT2D eigenvalue weighted by atomic mass is 35.5. The molecule has 0 radical (unpaired) electrons. The number of rotatable bonds is 5. The van der Waals surface area contributed by atoms with E-state index in [-0.39, 0.29) is 10.0 Å². The fraction of sp³-hybridized carbons (Fsp3) is 0.583. The van der Waals surface area contributed by atoms with E-state index in [4.69, 9.17) is 11.6 Å². The van der Waals surface area contributed by atoms with Crippen LogP contribution < -0.4 is 4.72 Å². The van der Waals surface area contributed by atoms with Gasteiger partial charge in [-0.25, -0.2) is 18.1 Å². The molecule has 1 aliphatic heterocycles. The van der Waals surface area contributed by atoms with Crippen molar-refractivity contribution in [3.8, 4) is 0 Å². The minimum Gasteiger partial charge on any atom is -0.304 e. The Hall–Kier alpha value is -0.730. The normalized spacial score (nSPS) is 18.3. The van der Waals surface area contributed by atoms with Crippen LogP contribution >= 0.6 is 11.6 Å². The van der Waals surface area contributed by atoms with E-state index in [1.807, 2.05) is 0 Å². The lowest BCUT2D eigenvalue weighted by atomic mass is 10.3. The number of sulfonamides is 1. The quantitative estimate of drug-likeness (QED) is 0.789. The van der Waals surface area contributed by atoms with Gasteiger partial charge in [0.15, 0.2) is 0 Å². The van der Waals surface area contributed by atoms with Gasteiger partial charge in [-0.05, 0) is 19.2 Å². The number of hydrogen-bond acceptors (Lipinski definition) is 5. The number of aromatic nitrogens is 1. The topological polar surface area (TPSA) is 65.5 Å². The van der Waals surface area contributed by atoms with Crippen LogP contribution in [-0.4, -0.2) is 69.5 Å². The molecular formula is C12H19ClN4O2S. The van der Waals surface area contributed by atoms with Gasteiger partial charge in [-0.3, -0.25) is 4.90 Å². The fourth-order valence-electron chi connectivity index (χ4n) is 2.06. The Morgan fingerprint density at radius 2 is 2.05 bits per heavy atom. The average Bonchev–Trinajstić information content (AvgIpc) is 2.41. The lowest BCUT2D eigenvalue weighted by molar-refractivity contribution is 0.156. The highest BCUT2D eigenvalue weighted by Crippen LogP contribution is 2.17. The molecule has 1 N–H and O–H groups in total. The van der Waals surface area contributed by atoms with Crippen molar-refractivity contribution in [3.63, 3.8) is 0 Å². The van der Waals surface area contributed by atoms with Crippen molar-refractivity contribution in [1.29, 1.82) is 0 Å². The Morgan fingerprint density at radius 3 is 2.70 bits per heavy atom. The summed E-state index contributed by atoms with van der Waals surface area (Å²) in [4.78, 5) is 8.31. The SMILES string of the molecule is CN1CCN(CCNS(=O)(=O)c2cccnc2Cl)CC1. The van der Waals surface area contributed by atoms with Gasteiger partial charge in [0, 0.05) is 45.5 Å². The van der Waals surface area contributed by atoms with Gasteiger partial charge in [0.05, 0.1) is 0 Å². The smallest absolute Gasteiger partial charge is 0.243 e. The number of piperazine rings is 1. The monoisotopic (exact) mass is 318 g/mol. The van der Waals surface area contributed by atoms with Crippen LogP contribution in [0.1, 0.15) is 0 Å². The van der Waals surface area contributed by atoms with Crippen LogP contribution in [0.2, 0.25) is 5.15 Å². The van der Waals surface area contributed by atoms with Crippen LogP contribution in [0.3, 0.4) is 0 Å². The third-order valence-electron chi connectivity index (χ3n) is 3.33. The van der Waals surface area contributed by atoms with Gasteiger partial charge in [-0.15, -0.1) is 0 Å². The lowest BCUT2D eigenvalue weighted by Crippen LogP contribution is -2.46. The first-order chi connectivity index (χ1) is 9.49. The predicted octanol–water partition coefficient (Wildman–Crippen LogP) is 0.261. The van der Waals surface area contributed by atoms with Crippen LogP contribution in [0.4, 0.5) is 0 Å². The molecule has 1 fully saturated rings. The molecule has 0 bridgehead atoms. The van der Waals surface area contributed by atoms with E-state index < -0.39 is 10.0 Å². The molecule has 2 heterocycles. The number of hydrogen-bond donors (Lipinski definition) is 1. The van der Waals surface area contributed by atoms with Crippen LogP contribution in [0.25, 0.3) is 0 Å². The molecule has 1 aromatic rings. The third kappa shape index (κ3) is 4.13. The Morgan fingerprint density at radius 1 is 1.35 bits per heavy atom. The minimum atomic E-state index is -3.58. The first-order valence-electron chi connectivity index (χ1n) is 6.50. The Balaban J connectivity index is 1.86. The van der Waals surface area contributed by atoms with Crippen molar-refractivity contribution in [3.05, 3.63) is 23.5 Å². The molecule has 0 unspecified atom stereocenters. The van der Waals surface area contributed by atoms with Crippen molar-refractivity contribution < 1.29 is 8.42 Å². The summed E-state index contributed by atoms with van der Waals surface area (Å²) in [5.41, 5.74) is 0. The number of halogens is 1. The molecule has 8 heteroatoms. The van der Waals surface area contributed by atoms with Crippen molar-refractivity contribution in [2.45, 2.75) is 4.90 Å². The van der Waals surface area contributed by atoms with Gasteiger partial charge < -0.3 is 4.90 Å². The first-order valence-corrected chi connectivity index (χ1v) is 8.36. The van der Waals surface area contributed by atoms with Crippen molar-refractivity contribution in [2.75, 3.05) is 46.3 Å². The van der Waals surface area contributed by atoms with Gasteiger partial charge in [0.2, 0.25) is 10.0 Å². The summed E-state index contributed by atoms with van der Waals surface area (Å²) in [5, 5.41) is -0.000373. The minimum absolute atomic E-state index is 0.000373. The summed E-state index contributed by atoms with van der Waals surface area (Å²) in [6, 6.07) is 3.01. The summed E-state index contributed by atoms with van der Waals surface area (Å²) in [5.74, 6) is 0.